The van der Waals surface area contributed by atoms with Crippen LogP contribution in [0.1, 0.15) is 20.3 Å². The maximum absolute atomic E-state index is 12.9. The Morgan fingerprint density at radius 2 is 2.17 bits per heavy atom. The second-order valence-electron chi connectivity index (χ2n) is 7.32. The molecule has 0 aromatic carbocycles. The molecule has 1 amide bonds. The molecule has 2 aliphatic carbocycles. The largest absolute Gasteiger partial charge is 0.364 e. The first kappa shape index (κ1) is 15.7. The molecule has 0 spiro atoms. The van der Waals surface area contributed by atoms with E-state index in [0.29, 0.717) is 17.9 Å². The summed E-state index contributed by atoms with van der Waals surface area (Å²) in [6.45, 7) is 6.53. The molecule has 24 heavy (non-hydrogen) atoms. The molecule has 4 unspecified atom stereocenters. The summed E-state index contributed by atoms with van der Waals surface area (Å²) in [6, 6.07) is 0.433. The Morgan fingerprint density at radius 1 is 1.38 bits per heavy atom. The van der Waals surface area contributed by atoms with E-state index in [1.807, 2.05) is 4.90 Å². The van der Waals surface area contributed by atoms with Crippen LogP contribution in [0, 0.1) is 17.8 Å². The molecule has 0 saturated heterocycles. The highest BCUT2D eigenvalue weighted by Crippen LogP contribution is 2.49. The van der Waals surface area contributed by atoms with Crippen LogP contribution in [0.3, 0.4) is 0 Å². The Kier molecular flexibility index (Phi) is 3.87. The molecule has 128 valence electrons. The molecule has 4 nitrogen and oxygen atoms in total. The fourth-order valence-corrected chi connectivity index (χ4v) is 4.85. The van der Waals surface area contributed by atoms with Crippen molar-refractivity contribution in [2.75, 3.05) is 26.7 Å². The van der Waals surface area contributed by atoms with Gasteiger partial charge in [0.1, 0.15) is 0 Å². The van der Waals surface area contributed by atoms with Crippen LogP contribution in [0.15, 0.2) is 47.3 Å². The second-order valence-corrected chi connectivity index (χ2v) is 7.32. The lowest BCUT2D eigenvalue weighted by Gasteiger charge is -2.46. The standard InChI is InChI=1S/C20H27N3O/c1-4-23(5-2)20(24)14-9-16-15-7-6-8-17-19(15)13(11-21-17)10-18(16)22(3)12-14/h6-9,11,14-15,18-19,21H,4-5,10,12H2,1-3H3. The Balaban J connectivity index is 1.68. The lowest BCUT2D eigenvalue weighted by Crippen LogP contribution is -2.50. The van der Waals surface area contributed by atoms with Crippen molar-refractivity contribution in [3.8, 4) is 0 Å². The van der Waals surface area contributed by atoms with E-state index in [9.17, 15) is 4.79 Å². The van der Waals surface area contributed by atoms with Gasteiger partial charge in [-0.15, -0.1) is 0 Å². The quantitative estimate of drug-likeness (QED) is 0.809. The van der Waals surface area contributed by atoms with Crippen LogP contribution in [0.2, 0.25) is 0 Å². The first-order valence-electron chi connectivity index (χ1n) is 9.18. The van der Waals surface area contributed by atoms with Gasteiger partial charge < -0.3 is 10.2 Å². The van der Waals surface area contributed by atoms with Crippen molar-refractivity contribution in [3.05, 3.63) is 47.3 Å². The van der Waals surface area contributed by atoms with Crippen molar-refractivity contribution in [2.24, 2.45) is 17.8 Å². The first-order chi connectivity index (χ1) is 11.6. The Labute approximate surface area is 144 Å². The van der Waals surface area contributed by atoms with E-state index in [2.05, 4.69) is 61.6 Å². The van der Waals surface area contributed by atoms with Crippen LogP contribution >= 0.6 is 0 Å². The van der Waals surface area contributed by atoms with Crippen LogP contribution in [-0.4, -0.2) is 48.4 Å². The maximum Gasteiger partial charge on any atom is 0.230 e. The molecule has 0 radical (unpaired) electrons. The van der Waals surface area contributed by atoms with E-state index in [4.69, 9.17) is 0 Å². The highest BCUT2D eigenvalue weighted by molar-refractivity contribution is 5.81. The fraction of sp³-hybridized carbons (Fsp3) is 0.550. The van der Waals surface area contributed by atoms with Crippen molar-refractivity contribution in [1.82, 2.24) is 15.1 Å². The molecule has 1 saturated carbocycles. The van der Waals surface area contributed by atoms with Crippen LogP contribution in [-0.2, 0) is 4.79 Å². The van der Waals surface area contributed by atoms with Gasteiger partial charge in [-0.05, 0) is 44.5 Å². The predicted octanol–water partition coefficient (Wildman–Crippen LogP) is 2.29. The van der Waals surface area contributed by atoms with Crippen molar-refractivity contribution in [2.45, 2.75) is 26.3 Å². The van der Waals surface area contributed by atoms with Crippen LogP contribution in [0.5, 0.6) is 0 Å². The fourth-order valence-electron chi connectivity index (χ4n) is 4.85. The van der Waals surface area contributed by atoms with Crippen LogP contribution in [0.25, 0.3) is 0 Å². The third-order valence-electron chi connectivity index (χ3n) is 6.11. The monoisotopic (exact) mass is 325 g/mol. The number of nitrogens with one attached hydrogen (secondary N) is 1. The van der Waals surface area contributed by atoms with E-state index in [1.54, 1.807) is 0 Å². The molecule has 0 aromatic heterocycles. The van der Waals surface area contributed by atoms with Gasteiger partial charge in [-0.3, -0.25) is 9.69 Å². The van der Waals surface area contributed by atoms with Gasteiger partial charge in [0.25, 0.3) is 0 Å². The number of fused-ring (bicyclic) bond motifs is 2. The number of hydrogen-bond acceptors (Lipinski definition) is 3. The van der Waals surface area contributed by atoms with Gasteiger partial charge in [-0.25, -0.2) is 0 Å². The van der Waals surface area contributed by atoms with Gasteiger partial charge in [0.15, 0.2) is 0 Å². The van der Waals surface area contributed by atoms with Crippen molar-refractivity contribution >= 4 is 5.91 Å². The highest BCUT2D eigenvalue weighted by Gasteiger charge is 2.45. The number of nitrogens with zero attached hydrogens (tertiary/aromatic N) is 2. The number of carbonyl (C=O) groups is 1. The topological polar surface area (TPSA) is 35.6 Å². The third-order valence-corrected chi connectivity index (χ3v) is 6.11. The number of carbonyl (C=O) groups excluding carboxylic acids is 1. The van der Waals surface area contributed by atoms with E-state index in [1.165, 1.54) is 16.8 Å². The van der Waals surface area contributed by atoms with Crippen molar-refractivity contribution < 1.29 is 4.79 Å². The predicted molar refractivity (Wildman–Crippen MR) is 96.0 cm³/mol. The lowest BCUT2D eigenvalue weighted by molar-refractivity contribution is -0.134. The Hall–Kier alpha value is -1.81. The van der Waals surface area contributed by atoms with Crippen molar-refractivity contribution in [3.63, 3.8) is 0 Å². The minimum atomic E-state index is -0.0104. The minimum absolute atomic E-state index is 0.0104. The lowest BCUT2D eigenvalue weighted by atomic mass is 9.66. The molecule has 4 atom stereocenters. The Bertz CT molecular complexity index is 668. The van der Waals surface area contributed by atoms with Gasteiger partial charge in [0.2, 0.25) is 5.91 Å². The maximum atomic E-state index is 12.9. The number of rotatable bonds is 3. The molecule has 4 heteroatoms. The van der Waals surface area contributed by atoms with E-state index in [-0.39, 0.29) is 11.8 Å². The zero-order valence-corrected chi connectivity index (χ0v) is 14.8. The number of amides is 1. The minimum Gasteiger partial charge on any atom is -0.364 e. The van der Waals surface area contributed by atoms with Gasteiger partial charge >= 0.3 is 0 Å². The molecule has 2 aliphatic heterocycles. The number of likely N-dealkylation sites (N-methyl/N-ethyl adjacent to an activating group) is 1. The number of allylic oxidation sites excluding steroid dienone is 4. The van der Waals surface area contributed by atoms with Crippen LogP contribution in [0.4, 0.5) is 0 Å². The highest BCUT2D eigenvalue weighted by atomic mass is 16.2. The molecule has 4 aliphatic rings. The SMILES string of the molecule is CCN(CC)C(=O)C1C=C2C3C=CC=C4NC=C(CC2N(C)C1)C43. The summed E-state index contributed by atoms with van der Waals surface area (Å²) in [5.41, 5.74) is 4.27. The third kappa shape index (κ3) is 2.27. The molecule has 2 heterocycles. The molecule has 0 bridgehead atoms. The molecule has 1 fully saturated rings. The zero-order valence-electron chi connectivity index (χ0n) is 14.8. The normalized spacial score (nSPS) is 33.7. The van der Waals surface area contributed by atoms with E-state index >= 15 is 0 Å². The summed E-state index contributed by atoms with van der Waals surface area (Å²) >= 11 is 0. The molecular weight excluding hydrogens is 298 g/mol. The van der Waals surface area contributed by atoms with Crippen molar-refractivity contribution in [1.29, 1.82) is 0 Å². The smallest absolute Gasteiger partial charge is 0.230 e. The van der Waals surface area contributed by atoms with Gasteiger partial charge in [-0.1, -0.05) is 18.2 Å². The van der Waals surface area contributed by atoms with E-state index in [0.717, 1.165) is 26.1 Å². The van der Waals surface area contributed by atoms with Crippen LogP contribution < -0.4 is 5.32 Å². The van der Waals surface area contributed by atoms with Gasteiger partial charge in [0.05, 0.1) is 5.92 Å². The molecular formula is C20H27N3O. The second kappa shape index (κ2) is 5.92. The summed E-state index contributed by atoms with van der Waals surface area (Å²) in [4.78, 5) is 17.2. The van der Waals surface area contributed by atoms with E-state index < -0.39 is 0 Å². The summed E-state index contributed by atoms with van der Waals surface area (Å²) in [5.74, 6) is 1.14. The number of hydrogen-bond donors (Lipinski definition) is 1. The zero-order chi connectivity index (χ0) is 16.8. The van der Waals surface area contributed by atoms with Gasteiger partial charge in [-0.2, -0.15) is 0 Å². The molecule has 0 aromatic rings. The summed E-state index contributed by atoms with van der Waals surface area (Å²) in [6.07, 6.45) is 12.3. The summed E-state index contributed by atoms with van der Waals surface area (Å²) in [5, 5.41) is 3.45. The summed E-state index contributed by atoms with van der Waals surface area (Å²) < 4.78 is 0. The first-order valence-corrected chi connectivity index (χ1v) is 9.18. The Morgan fingerprint density at radius 3 is 2.92 bits per heavy atom. The van der Waals surface area contributed by atoms with Gasteiger partial charge in [0, 0.05) is 49.4 Å². The molecule has 1 N–H and O–H groups in total. The summed E-state index contributed by atoms with van der Waals surface area (Å²) in [7, 11) is 2.17. The average Bonchev–Trinajstić information content (AvgIpc) is 3.01. The average molecular weight is 325 g/mol. The molecule has 4 rings (SSSR count).